The Morgan fingerprint density at radius 3 is 2.55 bits per heavy atom. The zero-order valence-electron chi connectivity index (χ0n) is 13.2. The first kappa shape index (κ1) is 16.5. The summed E-state index contributed by atoms with van der Waals surface area (Å²) in [6.45, 7) is 9.41. The van der Waals surface area contributed by atoms with Crippen LogP contribution < -0.4 is 15.4 Å². The zero-order valence-corrected chi connectivity index (χ0v) is 13.2. The number of benzene rings is 1. The van der Waals surface area contributed by atoms with E-state index in [2.05, 4.69) is 16.7 Å². The van der Waals surface area contributed by atoms with Gasteiger partial charge in [0.25, 0.3) is 0 Å². The topological polar surface area (TPSA) is 50.4 Å². The van der Waals surface area contributed by atoms with Crippen LogP contribution in [0.15, 0.2) is 18.2 Å². The van der Waals surface area contributed by atoms with Crippen LogP contribution in [0.1, 0.15) is 38.3 Å². The van der Waals surface area contributed by atoms with Crippen LogP contribution in [-0.4, -0.2) is 25.1 Å². The minimum absolute atomic E-state index is 0.0795. The van der Waals surface area contributed by atoms with Crippen molar-refractivity contribution in [3.8, 4) is 5.75 Å². The minimum Gasteiger partial charge on any atom is -0.496 e. The summed E-state index contributed by atoms with van der Waals surface area (Å²) in [5.41, 5.74) is 2.15. The number of carbonyl (C=O) groups is 1. The summed E-state index contributed by atoms with van der Waals surface area (Å²) in [5.74, 6) is 0.981. The van der Waals surface area contributed by atoms with E-state index in [-0.39, 0.29) is 11.4 Å². The van der Waals surface area contributed by atoms with Gasteiger partial charge in [-0.15, -0.1) is 0 Å². The Kier molecular flexibility index (Phi) is 6.02. The standard InChI is InChI=1S/C16H26N2O2/c1-12-10-13(6-7-14(12)20-5)11-17-9-8-15(19)18-16(2,3)4/h6-7,10,17H,8-9,11H2,1-5H3,(H,18,19). The van der Waals surface area contributed by atoms with Crippen LogP contribution in [0.25, 0.3) is 0 Å². The fourth-order valence-corrected chi connectivity index (χ4v) is 1.97. The average Bonchev–Trinajstić information content (AvgIpc) is 2.33. The maximum absolute atomic E-state index is 11.6. The number of nitrogens with one attached hydrogen (secondary N) is 2. The first-order valence-electron chi connectivity index (χ1n) is 6.97. The van der Waals surface area contributed by atoms with Crippen LogP contribution in [0, 0.1) is 6.92 Å². The minimum atomic E-state index is -0.163. The third-order valence-electron chi connectivity index (χ3n) is 2.83. The average molecular weight is 278 g/mol. The number of hydrogen-bond acceptors (Lipinski definition) is 3. The molecule has 112 valence electrons. The van der Waals surface area contributed by atoms with Crippen molar-refractivity contribution >= 4 is 5.91 Å². The molecule has 0 atom stereocenters. The highest BCUT2D eigenvalue weighted by Gasteiger charge is 2.12. The SMILES string of the molecule is COc1ccc(CNCCC(=O)NC(C)(C)C)cc1C. The van der Waals surface area contributed by atoms with Gasteiger partial charge < -0.3 is 15.4 Å². The molecule has 0 aliphatic rings. The summed E-state index contributed by atoms with van der Waals surface area (Å²) >= 11 is 0. The normalized spacial score (nSPS) is 11.2. The third-order valence-corrected chi connectivity index (χ3v) is 2.83. The molecule has 1 aromatic carbocycles. The van der Waals surface area contributed by atoms with E-state index in [1.807, 2.05) is 39.8 Å². The Morgan fingerprint density at radius 2 is 2.00 bits per heavy atom. The van der Waals surface area contributed by atoms with E-state index < -0.39 is 0 Å². The van der Waals surface area contributed by atoms with Crippen LogP contribution in [0.2, 0.25) is 0 Å². The number of carbonyl (C=O) groups excluding carboxylic acids is 1. The lowest BCUT2D eigenvalue weighted by Crippen LogP contribution is -2.41. The van der Waals surface area contributed by atoms with Crippen molar-refractivity contribution in [1.82, 2.24) is 10.6 Å². The first-order chi connectivity index (χ1) is 9.31. The van der Waals surface area contributed by atoms with Gasteiger partial charge in [0, 0.05) is 25.0 Å². The second-order valence-corrected chi connectivity index (χ2v) is 6.03. The Morgan fingerprint density at radius 1 is 1.30 bits per heavy atom. The van der Waals surface area contributed by atoms with E-state index in [1.165, 1.54) is 5.56 Å². The maximum atomic E-state index is 11.6. The highest BCUT2D eigenvalue weighted by molar-refractivity contribution is 5.76. The fourth-order valence-electron chi connectivity index (χ4n) is 1.97. The molecule has 0 heterocycles. The molecule has 20 heavy (non-hydrogen) atoms. The number of amides is 1. The van der Waals surface area contributed by atoms with Crippen LogP contribution in [0.3, 0.4) is 0 Å². The number of ether oxygens (including phenoxy) is 1. The summed E-state index contributed by atoms with van der Waals surface area (Å²) in [4.78, 5) is 11.6. The molecule has 1 rings (SSSR count). The maximum Gasteiger partial charge on any atom is 0.221 e. The molecule has 0 aromatic heterocycles. The quantitative estimate of drug-likeness (QED) is 0.786. The fraction of sp³-hybridized carbons (Fsp3) is 0.562. The van der Waals surface area contributed by atoms with Gasteiger partial charge in [-0.2, -0.15) is 0 Å². The molecule has 1 aromatic rings. The summed E-state index contributed by atoms with van der Waals surface area (Å²) < 4.78 is 5.23. The lowest BCUT2D eigenvalue weighted by atomic mass is 10.1. The van der Waals surface area contributed by atoms with Crippen molar-refractivity contribution in [2.24, 2.45) is 0 Å². The molecule has 4 nitrogen and oxygen atoms in total. The number of methoxy groups -OCH3 is 1. The molecular formula is C16H26N2O2. The molecule has 1 amide bonds. The highest BCUT2D eigenvalue weighted by atomic mass is 16.5. The first-order valence-corrected chi connectivity index (χ1v) is 6.97. The van der Waals surface area contributed by atoms with E-state index in [9.17, 15) is 4.79 Å². The van der Waals surface area contributed by atoms with Crippen molar-refractivity contribution in [1.29, 1.82) is 0 Å². The smallest absolute Gasteiger partial charge is 0.221 e. The van der Waals surface area contributed by atoms with Crippen LogP contribution in [0.4, 0.5) is 0 Å². The molecule has 0 radical (unpaired) electrons. The van der Waals surface area contributed by atoms with Gasteiger partial charge in [0.15, 0.2) is 0 Å². The van der Waals surface area contributed by atoms with Gasteiger partial charge >= 0.3 is 0 Å². The number of rotatable bonds is 6. The van der Waals surface area contributed by atoms with Gasteiger partial charge in [-0.05, 0) is 44.9 Å². The second-order valence-electron chi connectivity index (χ2n) is 6.03. The highest BCUT2D eigenvalue weighted by Crippen LogP contribution is 2.18. The van der Waals surface area contributed by atoms with E-state index >= 15 is 0 Å². The predicted octanol–water partition coefficient (Wildman–Crippen LogP) is 2.40. The Labute approximate surface area is 121 Å². The third kappa shape index (κ3) is 6.06. The van der Waals surface area contributed by atoms with Crippen LogP contribution >= 0.6 is 0 Å². The van der Waals surface area contributed by atoms with Gasteiger partial charge in [0.1, 0.15) is 5.75 Å². The molecule has 0 unspecified atom stereocenters. The molecule has 4 heteroatoms. The molecule has 0 bridgehead atoms. The van der Waals surface area contributed by atoms with Crippen LogP contribution in [0.5, 0.6) is 5.75 Å². The van der Waals surface area contributed by atoms with Gasteiger partial charge in [-0.25, -0.2) is 0 Å². The van der Waals surface area contributed by atoms with Gasteiger partial charge in [-0.1, -0.05) is 12.1 Å². The monoisotopic (exact) mass is 278 g/mol. The molecule has 0 saturated carbocycles. The summed E-state index contributed by atoms with van der Waals surface area (Å²) in [7, 11) is 1.67. The summed E-state index contributed by atoms with van der Waals surface area (Å²) in [6, 6.07) is 6.10. The van der Waals surface area contributed by atoms with E-state index in [0.29, 0.717) is 13.0 Å². The zero-order chi connectivity index (χ0) is 15.2. The molecule has 0 fully saturated rings. The molecule has 0 aliphatic carbocycles. The summed E-state index contributed by atoms with van der Waals surface area (Å²) in [5, 5.41) is 6.23. The van der Waals surface area contributed by atoms with E-state index in [0.717, 1.165) is 17.9 Å². The van der Waals surface area contributed by atoms with Crippen molar-refractivity contribution in [3.63, 3.8) is 0 Å². The van der Waals surface area contributed by atoms with E-state index in [4.69, 9.17) is 4.74 Å². The Bertz CT molecular complexity index is 450. The predicted molar refractivity (Wildman–Crippen MR) is 82.0 cm³/mol. The van der Waals surface area contributed by atoms with Crippen molar-refractivity contribution < 1.29 is 9.53 Å². The van der Waals surface area contributed by atoms with Gasteiger partial charge in [0.05, 0.1) is 7.11 Å². The lowest BCUT2D eigenvalue weighted by Gasteiger charge is -2.20. The summed E-state index contributed by atoms with van der Waals surface area (Å²) in [6.07, 6.45) is 0.492. The second kappa shape index (κ2) is 7.29. The number of aryl methyl sites for hydroxylation is 1. The van der Waals surface area contributed by atoms with Crippen molar-refractivity contribution in [2.75, 3.05) is 13.7 Å². The Hall–Kier alpha value is -1.55. The van der Waals surface area contributed by atoms with Gasteiger partial charge in [0.2, 0.25) is 5.91 Å². The number of hydrogen-bond donors (Lipinski definition) is 2. The molecular weight excluding hydrogens is 252 g/mol. The van der Waals surface area contributed by atoms with Crippen molar-refractivity contribution in [3.05, 3.63) is 29.3 Å². The largest absolute Gasteiger partial charge is 0.496 e. The lowest BCUT2D eigenvalue weighted by molar-refractivity contribution is -0.122. The molecule has 0 aliphatic heterocycles. The van der Waals surface area contributed by atoms with Crippen molar-refractivity contribution in [2.45, 2.75) is 46.2 Å². The Balaban J connectivity index is 2.31. The van der Waals surface area contributed by atoms with E-state index in [1.54, 1.807) is 7.11 Å². The van der Waals surface area contributed by atoms with Gasteiger partial charge in [-0.3, -0.25) is 4.79 Å². The molecule has 0 saturated heterocycles. The molecule has 0 spiro atoms. The molecule has 2 N–H and O–H groups in total. The van der Waals surface area contributed by atoms with Crippen LogP contribution in [-0.2, 0) is 11.3 Å².